The number of carbonyl (C=O) groups is 2. The number of hydrogen-bond donors (Lipinski definition) is 2. The van der Waals surface area contributed by atoms with E-state index in [1.54, 1.807) is 24.3 Å². The number of amides is 1. The predicted octanol–water partition coefficient (Wildman–Crippen LogP) is 4.40. The Hall–Kier alpha value is -4.06. The summed E-state index contributed by atoms with van der Waals surface area (Å²) in [5.74, 6) is -0.614. The minimum atomic E-state index is -0.873. The first kappa shape index (κ1) is 19.3. The fourth-order valence-corrected chi connectivity index (χ4v) is 3.11. The van der Waals surface area contributed by atoms with Crippen LogP contribution >= 0.6 is 0 Å². The zero-order chi connectivity index (χ0) is 20.9. The number of esters is 1. The fourth-order valence-electron chi connectivity index (χ4n) is 3.11. The molecule has 0 spiro atoms. The molecule has 6 nitrogen and oxygen atoms in total. The number of carbonyl (C=O) groups excluding carboxylic acids is 2. The van der Waals surface area contributed by atoms with Gasteiger partial charge in [0.05, 0.1) is 0 Å². The second kappa shape index (κ2) is 8.53. The summed E-state index contributed by atoms with van der Waals surface area (Å²) in [4.78, 5) is 24.7. The molecule has 2 N–H and O–H groups in total. The fraction of sp³-hybridized carbons (Fsp3) is 0.0833. The molecule has 3 aromatic carbocycles. The van der Waals surface area contributed by atoms with E-state index in [2.05, 4.69) is 5.32 Å². The molecule has 0 aliphatic carbocycles. The number of para-hydroxylation sites is 1. The third kappa shape index (κ3) is 4.33. The highest BCUT2D eigenvalue weighted by molar-refractivity contribution is 6.22. The molecular weight excluding hydrogens is 382 g/mol. The van der Waals surface area contributed by atoms with Gasteiger partial charge in [-0.3, -0.25) is 4.79 Å². The van der Waals surface area contributed by atoms with Gasteiger partial charge in [-0.25, -0.2) is 4.79 Å². The summed E-state index contributed by atoms with van der Waals surface area (Å²) in [5, 5.41) is 13.0. The lowest BCUT2D eigenvalue weighted by Gasteiger charge is -2.09. The number of nitrogens with one attached hydrogen (secondary N) is 1. The monoisotopic (exact) mass is 401 g/mol. The number of aliphatic hydroxyl groups is 1. The van der Waals surface area contributed by atoms with E-state index in [1.165, 1.54) is 0 Å². The molecule has 0 bridgehead atoms. The average Bonchev–Trinajstić information content (AvgIpc) is 3.04. The van der Waals surface area contributed by atoms with Crippen molar-refractivity contribution in [3.63, 3.8) is 0 Å². The Bertz CT molecular complexity index is 1080. The third-order valence-corrected chi connectivity index (χ3v) is 4.60. The van der Waals surface area contributed by atoms with Crippen molar-refractivity contribution in [2.75, 3.05) is 5.32 Å². The van der Waals surface area contributed by atoms with Crippen molar-refractivity contribution in [3.05, 3.63) is 102 Å². The van der Waals surface area contributed by atoms with Crippen molar-refractivity contribution in [2.24, 2.45) is 0 Å². The quantitative estimate of drug-likeness (QED) is 0.472. The third-order valence-electron chi connectivity index (χ3n) is 4.60. The molecular formula is C24H19NO5. The van der Waals surface area contributed by atoms with Gasteiger partial charge in [-0.15, -0.1) is 0 Å². The Kier molecular flexibility index (Phi) is 5.48. The van der Waals surface area contributed by atoms with Gasteiger partial charge in [-0.2, -0.15) is 0 Å². The van der Waals surface area contributed by atoms with Crippen LogP contribution < -0.4 is 10.1 Å². The van der Waals surface area contributed by atoms with E-state index in [1.807, 2.05) is 60.7 Å². The highest BCUT2D eigenvalue weighted by Gasteiger charge is 2.38. The predicted molar refractivity (Wildman–Crippen MR) is 111 cm³/mol. The average molecular weight is 401 g/mol. The van der Waals surface area contributed by atoms with E-state index in [0.717, 1.165) is 5.56 Å². The van der Waals surface area contributed by atoms with E-state index in [0.29, 0.717) is 23.6 Å². The molecule has 0 aromatic heterocycles. The highest BCUT2D eigenvalue weighted by Crippen LogP contribution is 2.26. The summed E-state index contributed by atoms with van der Waals surface area (Å²) in [6, 6.07) is 25.3. The van der Waals surface area contributed by atoms with Gasteiger partial charge in [0.1, 0.15) is 11.5 Å². The van der Waals surface area contributed by atoms with Crippen LogP contribution in [-0.4, -0.2) is 23.1 Å². The largest absolute Gasteiger partial charge is 0.507 e. The Morgan fingerprint density at radius 1 is 0.900 bits per heavy atom. The van der Waals surface area contributed by atoms with Crippen LogP contribution in [0.2, 0.25) is 0 Å². The number of benzene rings is 3. The Morgan fingerprint density at radius 2 is 1.50 bits per heavy atom. The minimum Gasteiger partial charge on any atom is -0.507 e. The summed E-state index contributed by atoms with van der Waals surface area (Å²) < 4.78 is 10.9. The van der Waals surface area contributed by atoms with Crippen molar-refractivity contribution < 1.29 is 24.2 Å². The molecule has 30 heavy (non-hydrogen) atoms. The van der Waals surface area contributed by atoms with Crippen LogP contribution in [0.4, 0.5) is 5.69 Å². The molecule has 0 saturated heterocycles. The summed E-state index contributed by atoms with van der Waals surface area (Å²) in [7, 11) is 0. The SMILES string of the molecule is O=C(Nc1ccc(Oc2ccccc2)cc1)C1=C(O)C(Cc2ccccc2)OC1=O. The zero-order valence-electron chi connectivity index (χ0n) is 15.9. The lowest BCUT2D eigenvalue weighted by Crippen LogP contribution is -2.19. The van der Waals surface area contributed by atoms with Gasteiger partial charge in [0.25, 0.3) is 5.91 Å². The van der Waals surface area contributed by atoms with Crippen LogP contribution in [0.3, 0.4) is 0 Å². The lowest BCUT2D eigenvalue weighted by molar-refractivity contribution is -0.140. The number of ether oxygens (including phenoxy) is 2. The number of cyclic esters (lactones) is 1. The first-order valence-electron chi connectivity index (χ1n) is 9.42. The highest BCUT2D eigenvalue weighted by atomic mass is 16.6. The van der Waals surface area contributed by atoms with Crippen LogP contribution in [0.1, 0.15) is 5.56 Å². The topological polar surface area (TPSA) is 84.9 Å². The molecule has 1 unspecified atom stereocenters. The maximum atomic E-state index is 12.5. The van der Waals surface area contributed by atoms with Gasteiger partial charge >= 0.3 is 5.97 Å². The van der Waals surface area contributed by atoms with E-state index in [-0.39, 0.29) is 11.3 Å². The molecule has 6 heteroatoms. The summed E-state index contributed by atoms with van der Waals surface area (Å²) >= 11 is 0. The van der Waals surface area contributed by atoms with Crippen LogP contribution in [-0.2, 0) is 20.7 Å². The maximum absolute atomic E-state index is 12.5. The number of anilines is 1. The van der Waals surface area contributed by atoms with Gasteiger partial charge in [-0.05, 0) is 42.0 Å². The number of rotatable bonds is 6. The molecule has 1 atom stereocenters. The first-order chi connectivity index (χ1) is 14.6. The molecule has 0 fully saturated rings. The van der Waals surface area contributed by atoms with E-state index in [4.69, 9.17) is 9.47 Å². The summed E-state index contributed by atoms with van der Waals surface area (Å²) in [6.45, 7) is 0. The summed E-state index contributed by atoms with van der Waals surface area (Å²) in [5.41, 5.74) is 0.970. The zero-order valence-corrected chi connectivity index (χ0v) is 15.9. The number of hydrogen-bond acceptors (Lipinski definition) is 5. The molecule has 150 valence electrons. The first-order valence-corrected chi connectivity index (χ1v) is 9.42. The van der Waals surface area contributed by atoms with Crippen LogP contribution in [0, 0.1) is 0 Å². The van der Waals surface area contributed by atoms with Crippen LogP contribution in [0.25, 0.3) is 0 Å². The van der Waals surface area contributed by atoms with Gasteiger partial charge in [0, 0.05) is 12.1 Å². The molecule has 1 aliphatic heterocycles. The normalized spacial score (nSPS) is 15.6. The molecule has 3 aromatic rings. The van der Waals surface area contributed by atoms with Crippen molar-refractivity contribution in [2.45, 2.75) is 12.5 Å². The Morgan fingerprint density at radius 3 is 2.17 bits per heavy atom. The smallest absolute Gasteiger partial charge is 0.348 e. The second-order valence-corrected chi connectivity index (χ2v) is 6.74. The van der Waals surface area contributed by atoms with Gasteiger partial charge in [0.15, 0.2) is 17.4 Å². The number of aliphatic hydroxyl groups excluding tert-OH is 1. The Labute approximate surface area is 173 Å². The molecule has 1 amide bonds. The second-order valence-electron chi connectivity index (χ2n) is 6.74. The van der Waals surface area contributed by atoms with E-state index in [9.17, 15) is 14.7 Å². The Balaban J connectivity index is 1.43. The van der Waals surface area contributed by atoms with Gasteiger partial charge < -0.3 is 19.9 Å². The summed E-state index contributed by atoms with van der Waals surface area (Å²) in [6.07, 6.45) is -0.580. The van der Waals surface area contributed by atoms with Crippen molar-refractivity contribution >= 4 is 17.6 Å². The van der Waals surface area contributed by atoms with Crippen molar-refractivity contribution in [1.82, 2.24) is 0 Å². The van der Waals surface area contributed by atoms with Crippen LogP contribution in [0.5, 0.6) is 11.5 Å². The molecule has 4 rings (SSSR count). The maximum Gasteiger partial charge on any atom is 0.348 e. The van der Waals surface area contributed by atoms with Crippen molar-refractivity contribution in [1.29, 1.82) is 0 Å². The van der Waals surface area contributed by atoms with Gasteiger partial charge in [0.2, 0.25) is 0 Å². The molecule has 1 aliphatic rings. The molecule has 1 heterocycles. The van der Waals surface area contributed by atoms with Gasteiger partial charge in [-0.1, -0.05) is 48.5 Å². The molecule has 0 saturated carbocycles. The van der Waals surface area contributed by atoms with Crippen molar-refractivity contribution in [3.8, 4) is 11.5 Å². The minimum absolute atomic E-state index is 0.292. The van der Waals surface area contributed by atoms with Crippen LogP contribution in [0.15, 0.2) is 96.3 Å². The molecule has 0 radical (unpaired) electrons. The van der Waals surface area contributed by atoms with E-state index >= 15 is 0 Å². The lowest BCUT2D eigenvalue weighted by atomic mass is 10.1. The van der Waals surface area contributed by atoms with E-state index < -0.39 is 18.0 Å². The standard InChI is InChI=1S/C24H19NO5/c26-22-20(15-16-7-3-1-4-8-16)30-24(28)21(22)23(27)25-17-11-13-19(14-12-17)29-18-9-5-2-6-10-18/h1-14,20,26H,15H2,(H,25,27).